The maximum Gasteiger partial charge on any atom is 0.408 e. The first-order chi connectivity index (χ1) is 17.8. The topological polar surface area (TPSA) is 151 Å². The van der Waals surface area contributed by atoms with Crippen molar-refractivity contribution in [2.24, 2.45) is 5.73 Å². The number of hydrogen-bond donors (Lipinski definition) is 4. The van der Waals surface area contributed by atoms with Crippen LogP contribution in [0, 0.1) is 13.8 Å². The van der Waals surface area contributed by atoms with Crippen LogP contribution in [0.3, 0.4) is 0 Å². The van der Waals surface area contributed by atoms with Crippen molar-refractivity contribution in [3.8, 4) is 0 Å². The molecular weight excluding hydrogens is 488 g/mol. The van der Waals surface area contributed by atoms with Crippen molar-refractivity contribution < 1.29 is 29.0 Å². The second-order valence-corrected chi connectivity index (χ2v) is 11.1. The predicted octanol–water partition coefficient (Wildman–Crippen LogP) is 2.77. The monoisotopic (exact) mass is 532 g/mol. The number of amides is 4. The van der Waals surface area contributed by atoms with Crippen molar-refractivity contribution in [2.45, 2.75) is 103 Å². The number of ether oxygens (including phenoxy) is 1. The second-order valence-electron chi connectivity index (χ2n) is 11.1. The fourth-order valence-corrected chi connectivity index (χ4v) is 4.70. The number of benzene rings is 1. The van der Waals surface area contributed by atoms with Crippen LogP contribution in [0.15, 0.2) is 18.2 Å². The number of carbonyl (C=O) groups excluding carboxylic acids is 4. The molecule has 0 aromatic heterocycles. The van der Waals surface area contributed by atoms with Crippen molar-refractivity contribution in [3.05, 3.63) is 34.9 Å². The van der Waals surface area contributed by atoms with Gasteiger partial charge in [-0.25, -0.2) is 4.79 Å². The zero-order chi connectivity index (χ0) is 28.5. The third-order valence-corrected chi connectivity index (χ3v) is 6.53. The van der Waals surface area contributed by atoms with Crippen molar-refractivity contribution in [1.82, 2.24) is 15.5 Å². The first-order valence-corrected chi connectivity index (χ1v) is 13.4. The van der Waals surface area contributed by atoms with E-state index in [1.165, 1.54) is 4.90 Å². The lowest BCUT2D eigenvalue weighted by atomic mass is 9.93. The van der Waals surface area contributed by atoms with Crippen molar-refractivity contribution in [2.75, 3.05) is 13.2 Å². The van der Waals surface area contributed by atoms with E-state index in [0.717, 1.165) is 43.2 Å². The molecule has 2 unspecified atom stereocenters. The van der Waals surface area contributed by atoms with Crippen LogP contribution in [0.25, 0.3) is 0 Å². The summed E-state index contributed by atoms with van der Waals surface area (Å²) in [6.07, 6.45) is 3.81. The average Bonchev–Trinajstić information content (AvgIpc) is 2.82. The molecule has 0 radical (unpaired) electrons. The summed E-state index contributed by atoms with van der Waals surface area (Å²) in [5, 5.41) is 15.6. The molecule has 10 heteroatoms. The van der Waals surface area contributed by atoms with Crippen molar-refractivity contribution >= 4 is 23.8 Å². The Morgan fingerprint density at radius 1 is 1.13 bits per heavy atom. The number of hydrogen-bond acceptors (Lipinski definition) is 6. The van der Waals surface area contributed by atoms with E-state index in [1.54, 1.807) is 20.8 Å². The number of nitrogens with two attached hydrogens (primary N) is 1. The van der Waals surface area contributed by atoms with Crippen molar-refractivity contribution in [1.29, 1.82) is 0 Å². The molecule has 1 aromatic rings. The second kappa shape index (κ2) is 14.1. The molecule has 10 nitrogen and oxygen atoms in total. The standard InChI is InChI=1S/C28H44N4O6/c1-18-11-12-19(2)21(17-18)24(25(35)30-20-9-7-6-8-10-20)32(15-16-33)26(36)22(13-14-23(29)34)31-27(37)38-28(3,4)5/h11-12,17,20,22,24,33H,6-10,13-16H2,1-5H3,(H2,29,34)(H,30,35)(H,31,37). The molecule has 0 heterocycles. The van der Waals surface area contributed by atoms with Gasteiger partial charge >= 0.3 is 6.09 Å². The molecule has 2 rings (SSSR count). The largest absolute Gasteiger partial charge is 0.444 e. The molecule has 1 aromatic carbocycles. The number of carbonyl (C=O) groups is 4. The van der Waals surface area contributed by atoms with E-state index in [9.17, 15) is 24.3 Å². The third-order valence-electron chi connectivity index (χ3n) is 6.53. The maximum absolute atomic E-state index is 14.0. The highest BCUT2D eigenvalue weighted by molar-refractivity contribution is 5.92. The minimum atomic E-state index is -1.20. The number of nitrogens with zero attached hydrogens (tertiary/aromatic N) is 1. The minimum Gasteiger partial charge on any atom is -0.444 e. The van der Waals surface area contributed by atoms with Gasteiger partial charge in [0, 0.05) is 19.0 Å². The fraction of sp³-hybridized carbons (Fsp3) is 0.643. The van der Waals surface area contributed by atoms with Gasteiger partial charge in [0.15, 0.2) is 0 Å². The van der Waals surface area contributed by atoms with E-state index >= 15 is 0 Å². The van der Waals surface area contributed by atoms with Gasteiger partial charge in [-0.15, -0.1) is 0 Å². The zero-order valence-electron chi connectivity index (χ0n) is 23.3. The molecule has 1 aliphatic carbocycles. The van der Waals surface area contributed by atoms with E-state index < -0.39 is 42.2 Å². The van der Waals surface area contributed by atoms with Crippen LogP contribution >= 0.6 is 0 Å². The van der Waals surface area contributed by atoms with Gasteiger partial charge in [-0.3, -0.25) is 14.4 Å². The number of nitrogens with one attached hydrogen (secondary N) is 2. The van der Waals surface area contributed by atoms with E-state index in [1.807, 2.05) is 32.0 Å². The number of aliphatic hydroxyl groups is 1. The van der Waals surface area contributed by atoms with Crippen LogP contribution in [0.2, 0.25) is 0 Å². The quantitative estimate of drug-likeness (QED) is 0.344. The number of alkyl carbamates (subject to hydrolysis) is 1. The zero-order valence-corrected chi connectivity index (χ0v) is 23.3. The van der Waals surface area contributed by atoms with Crippen molar-refractivity contribution in [3.63, 3.8) is 0 Å². The Kier molecular flexibility index (Phi) is 11.6. The highest BCUT2D eigenvalue weighted by atomic mass is 16.6. The van der Waals surface area contributed by atoms with Crippen LogP contribution in [0.1, 0.15) is 88.4 Å². The SMILES string of the molecule is Cc1ccc(C)c(C(C(=O)NC2CCCCC2)N(CCO)C(=O)C(CCC(N)=O)NC(=O)OC(C)(C)C)c1. The molecule has 38 heavy (non-hydrogen) atoms. The Labute approximate surface area is 225 Å². The van der Waals surface area contributed by atoms with E-state index in [2.05, 4.69) is 10.6 Å². The van der Waals surface area contributed by atoms with Crippen LogP contribution in [0.5, 0.6) is 0 Å². The molecule has 0 aliphatic heterocycles. The van der Waals surface area contributed by atoms with Gasteiger partial charge < -0.3 is 31.1 Å². The van der Waals surface area contributed by atoms with Crippen LogP contribution in [-0.2, 0) is 19.1 Å². The van der Waals surface area contributed by atoms with Gasteiger partial charge in [-0.1, -0.05) is 43.0 Å². The molecule has 0 spiro atoms. The van der Waals surface area contributed by atoms with Crippen LogP contribution in [-0.4, -0.2) is 64.7 Å². The first kappa shape index (κ1) is 31.1. The lowest BCUT2D eigenvalue weighted by Crippen LogP contribution is -2.54. The molecule has 0 bridgehead atoms. The smallest absolute Gasteiger partial charge is 0.408 e. The molecule has 1 saturated carbocycles. The molecule has 1 aliphatic rings. The van der Waals surface area contributed by atoms with Crippen LogP contribution in [0.4, 0.5) is 4.79 Å². The van der Waals surface area contributed by atoms with Gasteiger partial charge in [0.2, 0.25) is 17.7 Å². The number of primary amides is 1. The van der Waals surface area contributed by atoms with E-state index in [4.69, 9.17) is 10.5 Å². The molecule has 4 amide bonds. The Balaban J connectivity index is 2.48. The van der Waals surface area contributed by atoms with Gasteiger partial charge in [0.25, 0.3) is 0 Å². The molecular formula is C28H44N4O6. The third kappa shape index (κ3) is 9.63. The Morgan fingerprint density at radius 3 is 2.37 bits per heavy atom. The molecule has 0 saturated heterocycles. The summed E-state index contributed by atoms with van der Waals surface area (Å²) >= 11 is 0. The van der Waals surface area contributed by atoms with Gasteiger partial charge in [-0.05, 0) is 65.0 Å². The summed E-state index contributed by atoms with van der Waals surface area (Å²) in [6, 6.07) is 3.42. The highest BCUT2D eigenvalue weighted by Crippen LogP contribution is 2.28. The Hall–Kier alpha value is -3.14. The van der Waals surface area contributed by atoms with E-state index in [-0.39, 0.29) is 31.3 Å². The summed E-state index contributed by atoms with van der Waals surface area (Å²) in [5.41, 5.74) is 6.88. The van der Waals surface area contributed by atoms with E-state index in [0.29, 0.717) is 5.56 Å². The molecule has 1 fully saturated rings. The number of aryl methyl sites for hydroxylation is 2. The normalized spacial score (nSPS) is 15.7. The predicted molar refractivity (Wildman–Crippen MR) is 144 cm³/mol. The summed E-state index contributed by atoms with van der Waals surface area (Å²) in [5.74, 6) is -1.60. The Bertz CT molecular complexity index is 984. The van der Waals surface area contributed by atoms with Gasteiger partial charge in [-0.2, -0.15) is 0 Å². The summed E-state index contributed by atoms with van der Waals surface area (Å²) in [7, 11) is 0. The Morgan fingerprint density at radius 2 is 1.79 bits per heavy atom. The van der Waals surface area contributed by atoms with Gasteiger partial charge in [0.05, 0.1) is 6.61 Å². The molecule has 5 N–H and O–H groups in total. The number of rotatable bonds is 11. The molecule has 2 atom stereocenters. The number of aliphatic hydroxyl groups excluding tert-OH is 1. The summed E-state index contributed by atoms with van der Waals surface area (Å²) < 4.78 is 5.33. The summed E-state index contributed by atoms with van der Waals surface area (Å²) in [4.78, 5) is 53.2. The lowest BCUT2D eigenvalue weighted by Gasteiger charge is -2.36. The average molecular weight is 533 g/mol. The first-order valence-electron chi connectivity index (χ1n) is 13.4. The fourth-order valence-electron chi connectivity index (χ4n) is 4.70. The summed E-state index contributed by atoms with van der Waals surface area (Å²) in [6.45, 7) is 8.28. The highest BCUT2D eigenvalue weighted by Gasteiger charge is 2.37. The molecule has 212 valence electrons. The van der Waals surface area contributed by atoms with Gasteiger partial charge in [0.1, 0.15) is 17.7 Å². The maximum atomic E-state index is 14.0. The minimum absolute atomic E-state index is 0.000454. The lowest BCUT2D eigenvalue weighted by molar-refractivity contribution is -0.143. The van der Waals surface area contributed by atoms with Crippen LogP contribution < -0.4 is 16.4 Å².